The Hall–Kier alpha value is -1.72. The van der Waals surface area contributed by atoms with Crippen molar-refractivity contribution in [3.05, 3.63) is 40.9 Å². The third kappa shape index (κ3) is 3.46. The highest BCUT2D eigenvalue weighted by Gasteiger charge is 2.28. The van der Waals surface area contributed by atoms with Crippen LogP contribution in [-0.4, -0.2) is 41.5 Å². The molecule has 1 unspecified atom stereocenters. The Balaban J connectivity index is 1.83. The van der Waals surface area contributed by atoms with Gasteiger partial charge in [0.25, 0.3) is 5.91 Å². The van der Waals surface area contributed by atoms with Crippen molar-refractivity contribution in [1.29, 1.82) is 0 Å². The summed E-state index contributed by atoms with van der Waals surface area (Å²) in [6, 6.07) is 8.47. The molecular formula is C18H23N3OS. The summed E-state index contributed by atoms with van der Waals surface area (Å²) in [6.07, 6.45) is 2.00. The van der Waals surface area contributed by atoms with Crippen molar-refractivity contribution in [3.8, 4) is 10.6 Å². The number of nitrogens with one attached hydrogen (secondary N) is 1. The summed E-state index contributed by atoms with van der Waals surface area (Å²) >= 11 is 1.55. The average Bonchev–Trinajstić information content (AvgIpc) is 3.24. The van der Waals surface area contributed by atoms with Crippen LogP contribution in [0.25, 0.3) is 10.6 Å². The van der Waals surface area contributed by atoms with Crippen LogP contribution >= 0.6 is 11.3 Å². The maximum Gasteiger partial charge on any atom is 0.273 e. The lowest BCUT2D eigenvalue weighted by Crippen LogP contribution is -2.42. The summed E-state index contributed by atoms with van der Waals surface area (Å²) in [4.78, 5) is 19.5. The zero-order valence-corrected chi connectivity index (χ0v) is 14.5. The summed E-state index contributed by atoms with van der Waals surface area (Å²) in [6.45, 7) is 6.86. The van der Waals surface area contributed by atoms with Crippen molar-refractivity contribution in [2.75, 3.05) is 19.6 Å². The Kier molecular flexibility index (Phi) is 5.08. The molecule has 5 heteroatoms. The number of nitrogens with zero attached hydrogens (tertiary/aromatic N) is 2. The van der Waals surface area contributed by atoms with E-state index in [-0.39, 0.29) is 5.91 Å². The second-order valence-corrected chi connectivity index (χ2v) is 6.86. The fourth-order valence-corrected chi connectivity index (χ4v) is 3.94. The van der Waals surface area contributed by atoms with Gasteiger partial charge < -0.3 is 10.2 Å². The Morgan fingerprint density at radius 1 is 1.43 bits per heavy atom. The van der Waals surface area contributed by atoms with E-state index >= 15 is 0 Å². The Morgan fingerprint density at radius 2 is 2.26 bits per heavy atom. The third-order valence-electron chi connectivity index (χ3n) is 4.30. The standard InChI is InChI=1S/C18H23N3OS/c1-3-10-21(14-8-9-19-11-14)18(22)16-12-23-17(20-16)15-7-5-4-6-13(15)2/h4-7,12,14,19H,3,8-11H2,1-2H3. The maximum absolute atomic E-state index is 12.9. The number of thiazole rings is 1. The largest absolute Gasteiger partial charge is 0.333 e. The first-order chi connectivity index (χ1) is 11.2. The number of carbonyl (C=O) groups is 1. The van der Waals surface area contributed by atoms with Gasteiger partial charge in [-0.05, 0) is 31.9 Å². The average molecular weight is 329 g/mol. The van der Waals surface area contributed by atoms with Crippen LogP contribution in [0.3, 0.4) is 0 Å². The zero-order chi connectivity index (χ0) is 16.2. The predicted octanol–water partition coefficient (Wildman–Crippen LogP) is 3.33. The lowest BCUT2D eigenvalue weighted by Gasteiger charge is -2.27. The Morgan fingerprint density at radius 3 is 2.96 bits per heavy atom. The fourth-order valence-electron chi connectivity index (χ4n) is 3.05. The molecular weight excluding hydrogens is 306 g/mol. The van der Waals surface area contributed by atoms with Gasteiger partial charge in [0, 0.05) is 30.1 Å². The predicted molar refractivity (Wildman–Crippen MR) is 94.9 cm³/mol. The van der Waals surface area contributed by atoms with Crippen molar-refractivity contribution in [3.63, 3.8) is 0 Å². The molecule has 1 N–H and O–H groups in total. The normalized spacial score (nSPS) is 17.4. The molecule has 1 aromatic carbocycles. The quantitative estimate of drug-likeness (QED) is 0.915. The number of aryl methyl sites for hydroxylation is 1. The van der Waals surface area contributed by atoms with E-state index in [1.165, 1.54) is 5.56 Å². The summed E-state index contributed by atoms with van der Waals surface area (Å²) in [7, 11) is 0. The van der Waals surface area contributed by atoms with Crippen LogP contribution in [-0.2, 0) is 0 Å². The number of hydrogen-bond acceptors (Lipinski definition) is 4. The van der Waals surface area contributed by atoms with E-state index in [1.807, 2.05) is 22.4 Å². The zero-order valence-electron chi connectivity index (χ0n) is 13.7. The molecule has 23 heavy (non-hydrogen) atoms. The van der Waals surface area contributed by atoms with E-state index < -0.39 is 0 Å². The molecule has 0 saturated carbocycles. The molecule has 0 bridgehead atoms. The van der Waals surface area contributed by atoms with Crippen LogP contribution in [0.1, 0.15) is 35.8 Å². The minimum absolute atomic E-state index is 0.0663. The first kappa shape index (κ1) is 16.1. The monoisotopic (exact) mass is 329 g/mol. The van der Waals surface area contributed by atoms with Gasteiger partial charge in [-0.2, -0.15) is 0 Å². The Labute approximate surface area is 141 Å². The highest BCUT2D eigenvalue weighted by molar-refractivity contribution is 7.13. The smallest absolute Gasteiger partial charge is 0.273 e. The van der Waals surface area contributed by atoms with E-state index in [0.717, 1.165) is 43.0 Å². The van der Waals surface area contributed by atoms with Gasteiger partial charge in [0.15, 0.2) is 0 Å². The summed E-state index contributed by atoms with van der Waals surface area (Å²) in [5, 5.41) is 6.17. The summed E-state index contributed by atoms with van der Waals surface area (Å²) < 4.78 is 0. The fraction of sp³-hybridized carbons (Fsp3) is 0.444. The number of aromatic nitrogens is 1. The van der Waals surface area contributed by atoms with E-state index in [4.69, 9.17) is 0 Å². The SMILES string of the molecule is CCCN(C(=O)c1csc(-c2ccccc2C)n1)C1CCNC1. The number of rotatable bonds is 5. The minimum Gasteiger partial charge on any atom is -0.333 e. The molecule has 2 heterocycles. The second kappa shape index (κ2) is 7.23. The van der Waals surface area contributed by atoms with Gasteiger partial charge in [0.05, 0.1) is 0 Å². The van der Waals surface area contributed by atoms with Crippen molar-refractivity contribution in [2.24, 2.45) is 0 Å². The molecule has 4 nitrogen and oxygen atoms in total. The van der Waals surface area contributed by atoms with E-state index in [9.17, 15) is 4.79 Å². The molecule has 122 valence electrons. The molecule has 1 aliphatic heterocycles. The first-order valence-corrected chi connectivity index (χ1v) is 9.12. The third-order valence-corrected chi connectivity index (χ3v) is 5.17. The van der Waals surface area contributed by atoms with Gasteiger partial charge >= 0.3 is 0 Å². The van der Waals surface area contributed by atoms with Crippen LogP contribution in [0.4, 0.5) is 0 Å². The van der Waals surface area contributed by atoms with Crippen LogP contribution in [0.2, 0.25) is 0 Å². The van der Waals surface area contributed by atoms with Crippen LogP contribution < -0.4 is 5.32 Å². The van der Waals surface area contributed by atoms with E-state index in [1.54, 1.807) is 11.3 Å². The van der Waals surface area contributed by atoms with Gasteiger partial charge in [-0.25, -0.2) is 4.98 Å². The van der Waals surface area contributed by atoms with Crippen molar-refractivity contribution in [2.45, 2.75) is 32.7 Å². The molecule has 1 atom stereocenters. The van der Waals surface area contributed by atoms with Gasteiger partial charge in [0.2, 0.25) is 0 Å². The number of benzene rings is 1. The molecule has 0 spiro atoms. The molecule has 1 saturated heterocycles. The summed E-state index contributed by atoms with van der Waals surface area (Å²) in [5.41, 5.74) is 2.88. The number of amides is 1. The number of carbonyl (C=O) groups excluding carboxylic acids is 1. The second-order valence-electron chi connectivity index (χ2n) is 6.00. The lowest BCUT2D eigenvalue weighted by atomic mass is 10.1. The van der Waals surface area contributed by atoms with Gasteiger partial charge in [-0.1, -0.05) is 31.2 Å². The van der Waals surface area contributed by atoms with Gasteiger partial charge in [-0.15, -0.1) is 11.3 Å². The number of hydrogen-bond donors (Lipinski definition) is 1. The molecule has 0 radical (unpaired) electrons. The molecule has 3 rings (SSSR count). The molecule has 1 fully saturated rings. The Bertz CT molecular complexity index is 676. The highest BCUT2D eigenvalue weighted by atomic mass is 32.1. The van der Waals surface area contributed by atoms with Crippen LogP contribution in [0.15, 0.2) is 29.6 Å². The van der Waals surface area contributed by atoms with Crippen LogP contribution in [0, 0.1) is 6.92 Å². The van der Waals surface area contributed by atoms with Crippen molar-refractivity contribution < 1.29 is 4.79 Å². The minimum atomic E-state index is 0.0663. The van der Waals surface area contributed by atoms with E-state index in [0.29, 0.717) is 11.7 Å². The van der Waals surface area contributed by atoms with Crippen molar-refractivity contribution >= 4 is 17.2 Å². The highest BCUT2D eigenvalue weighted by Crippen LogP contribution is 2.27. The lowest BCUT2D eigenvalue weighted by molar-refractivity contribution is 0.0687. The maximum atomic E-state index is 12.9. The summed E-state index contributed by atoms with van der Waals surface area (Å²) in [5.74, 6) is 0.0663. The van der Waals surface area contributed by atoms with Gasteiger partial charge in [0.1, 0.15) is 10.7 Å². The van der Waals surface area contributed by atoms with E-state index in [2.05, 4.69) is 36.3 Å². The molecule has 1 aromatic heterocycles. The van der Waals surface area contributed by atoms with Crippen LogP contribution in [0.5, 0.6) is 0 Å². The first-order valence-electron chi connectivity index (χ1n) is 8.24. The molecule has 2 aromatic rings. The molecule has 1 aliphatic rings. The molecule has 0 aliphatic carbocycles. The molecule has 1 amide bonds. The van der Waals surface area contributed by atoms with Gasteiger partial charge in [-0.3, -0.25) is 4.79 Å². The van der Waals surface area contributed by atoms with Crippen molar-refractivity contribution in [1.82, 2.24) is 15.2 Å². The topological polar surface area (TPSA) is 45.2 Å².